The van der Waals surface area contributed by atoms with Gasteiger partial charge in [-0.2, -0.15) is 13.2 Å². The minimum Gasteiger partial charge on any atom is -0.478 e. The summed E-state index contributed by atoms with van der Waals surface area (Å²) in [6.07, 6.45) is -3.12. The van der Waals surface area contributed by atoms with Crippen molar-refractivity contribution in [3.63, 3.8) is 0 Å². The van der Waals surface area contributed by atoms with Gasteiger partial charge in [-0.1, -0.05) is 0 Å². The Bertz CT molecular complexity index is 378. The minimum atomic E-state index is -4.69. The average Bonchev–Trinajstić information content (AvgIpc) is 2.01. The van der Waals surface area contributed by atoms with Gasteiger partial charge in [0.25, 0.3) is 0 Å². The lowest BCUT2D eigenvalue weighted by Crippen LogP contribution is -2.15. The van der Waals surface area contributed by atoms with Crippen LogP contribution in [0.2, 0.25) is 0 Å². The maximum atomic E-state index is 12.3. The minimum absolute atomic E-state index is 0.0371. The van der Waals surface area contributed by atoms with Crippen molar-refractivity contribution in [2.75, 3.05) is 0 Å². The fourth-order valence-corrected chi connectivity index (χ4v) is 1.55. The van der Waals surface area contributed by atoms with Crippen molar-refractivity contribution < 1.29 is 23.1 Å². The number of hydrogen-bond donors (Lipinski definition) is 1. The smallest absolute Gasteiger partial charge is 0.418 e. The fraction of sp³-hybridized carbons (Fsp3) is 0.143. The largest absolute Gasteiger partial charge is 0.478 e. The molecule has 0 saturated heterocycles. The molecule has 0 aliphatic heterocycles. The van der Waals surface area contributed by atoms with E-state index in [4.69, 9.17) is 5.11 Å². The monoisotopic (exact) mass is 317 g/mol. The zero-order valence-electron chi connectivity index (χ0n) is 6.47. The SMILES string of the molecule is O=C(O)c1c(I)cncc1C(F)(F)F. The molecule has 1 aromatic heterocycles. The molecule has 0 amide bonds. The summed E-state index contributed by atoms with van der Waals surface area (Å²) in [4.78, 5) is 13.9. The average molecular weight is 317 g/mol. The summed E-state index contributed by atoms with van der Waals surface area (Å²) in [5, 5.41) is 8.58. The van der Waals surface area contributed by atoms with Gasteiger partial charge in [-0.05, 0) is 22.6 Å². The third-order valence-electron chi connectivity index (χ3n) is 1.42. The summed E-state index contributed by atoms with van der Waals surface area (Å²) in [5.74, 6) is -1.61. The molecule has 1 rings (SSSR count). The Balaban J connectivity index is 3.44. The van der Waals surface area contributed by atoms with Crippen molar-refractivity contribution in [3.05, 3.63) is 27.1 Å². The number of pyridine rings is 1. The van der Waals surface area contributed by atoms with E-state index >= 15 is 0 Å². The van der Waals surface area contributed by atoms with Crippen LogP contribution >= 0.6 is 22.6 Å². The highest BCUT2D eigenvalue weighted by molar-refractivity contribution is 14.1. The van der Waals surface area contributed by atoms with E-state index in [0.29, 0.717) is 6.20 Å². The Kier molecular flexibility index (Phi) is 2.98. The number of carbonyl (C=O) groups is 1. The van der Waals surface area contributed by atoms with Crippen LogP contribution in [-0.4, -0.2) is 16.1 Å². The van der Waals surface area contributed by atoms with Crippen molar-refractivity contribution in [1.29, 1.82) is 0 Å². The van der Waals surface area contributed by atoms with Crippen molar-refractivity contribution in [1.82, 2.24) is 4.98 Å². The normalized spacial score (nSPS) is 11.4. The molecule has 1 aromatic rings. The van der Waals surface area contributed by atoms with Crippen LogP contribution in [0, 0.1) is 3.57 Å². The molecule has 0 unspecified atom stereocenters. The number of carboxylic acids is 1. The molecule has 14 heavy (non-hydrogen) atoms. The van der Waals surface area contributed by atoms with Gasteiger partial charge in [0.2, 0.25) is 0 Å². The Morgan fingerprint density at radius 1 is 1.43 bits per heavy atom. The van der Waals surface area contributed by atoms with Gasteiger partial charge in [0.15, 0.2) is 0 Å². The Labute approximate surface area is 90.1 Å². The number of rotatable bonds is 1. The van der Waals surface area contributed by atoms with Gasteiger partial charge >= 0.3 is 12.1 Å². The van der Waals surface area contributed by atoms with Crippen LogP contribution in [0.15, 0.2) is 12.4 Å². The first-order valence-electron chi connectivity index (χ1n) is 3.28. The first kappa shape index (κ1) is 11.2. The van der Waals surface area contributed by atoms with E-state index in [0.717, 1.165) is 6.20 Å². The molecule has 0 radical (unpaired) electrons. The summed E-state index contributed by atoms with van der Waals surface area (Å²) >= 11 is 1.50. The van der Waals surface area contributed by atoms with Crippen LogP contribution in [0.4, 0.5) is 13.2 Å². The van der Waals surface area contributed by atoms with E-state index in [9.17, 15) is 18.0 Å². The van der Waals surface area contributed by atoms with Crippen molar-refractivity contribution in [2.24, 2.45) is 0 Å². The highest BCUT2D eigenvalue weighted by Gasteiger charge is 2.36. The highest BCUT2D eigenvalue weighted by Crippen LogP contribution is 2.32. The molecule has 7 heteroatoms. The summed E-state index contributed by atoms with van der Waals surface area (Å²) in [7, 11) is 0. The van der Waals surface area contributed by atoms with E-state index in [1.54, 1.807) is 0 Å². The standard InChI is InChI=1S/C7H3F3INO2/c8-7(9,10)3-1-12-2-4(11)5(3)6(13)14/h1-2H,(H,13,14). The number of carboxylic acid groups (broad SMARTS) is 1. The number of halogens is 4. The molecular weight excluding hydrogens is 314 g/mol. The molecule has 1 heterocycles. The van der Waals surface area contributed by atoms with Gasteiger partial charge < -0.3 is 5.11 Å². The lowest BCUT2D eigenvalue weighted by atomic mass is 10.1. The van der Waals surface area contributed by atoms with Gasteiger partial charge in [0.05, 0.1) is 11.1 Å². The van der Waals surface area contributed by atoms with Gasteiger partial charge in [-0.15, -0.1) is 0 Å². The summed E-state index contributed by atoms with van der Waals surface area (Å²) in [5.41, 5.74) is -1.98. The predicted molar refractivity (Wildman–Crippen MR) is 48.9 cm³/mol. The first-order chi connectivity index (χ1) is 6.34. The van der Waals surface area contributed by atoms with E-state index in [-0.39, 0.29) is 3.57 Å². The summed E-state index contributed by atoms with van der Waals surface area (Å²) in [6, 6.07) is 0. The van der Waals surface area contributed by atoms with Crippen LogP contribution in [0.3, 0.4) is 0 Å². The zero-order chi connectivity index (χ0) is 10.9. The highest BCUT2D eigenvalue weighted by atomic mass is 127. The molecule has 0 aliphatic rings. The van der Waals surface area contributed by atoms with E-state index in [1.807, 2.05) is 0 Å². The van der Waals surface area contributed by atoms with E-state index in [1.165, 1.54) is 22.6 Å². The van der Waals surface area contributed by atoms with Gasteiger partial charge in [-0.3, -0.25) is 4.98 Å². The van der Waals surface area contributed by atoms with Crippen LogP contribution in [0.25, 0.3) is 0 Å². The second-order valence-corrected chi connectivity index (χ2v) is 3.51. The second-order valence-electron chi connectivity index (χ2n) is 2.35. The first-order valence-corrected chi connectivity index (χ1v) is 4.36. The molecule has 0 saturated carbocycles. The van der Waals surface area contributed by atoms with Crippen LogP contribution in [0.1, 0.15) is 15.9 Å². The summed E-state index contributed by atoms with van der Waals surface area (Å²) in [6.45, 7) is 0. The zero-order valence-corrected chi connectivity index (χ0v) is 8.63. The maximum absolute atomic E-state index is 12.3. The topological polar surface area (TPSA) is 50.2 Å². The molecule has 3 nitrogen and oxygen atoms in total. The van der Waals surface area contributed by atoms with E-state index in [2.05, 4.69) is 4.98 Å². The van der Waals surface area contributed by atoms with Crippen LogP contribution in [0.5, 0.6) is 0 Å². The van der Waals surface area contributed by atoms with Gasteiger partial charge in [0, 0.05) is 16.0 Å². The summed E-state index contributed by atoms with van der Waals surface area (Å²) < 4.78 is 36.8. The lowest BCUT2D eigenvalue weighted by Gasteiger charge is -2.09. The number of aromatic carboxylic acids is 1. The third kappa shape index (κ3) is 2.14. The molecule has 0 bridgehead atoms. The van der Waals surface area contributed by atoms with Crippen molar-refractivity contribution >= 4 is 28.6 Å². The van der Waals surface area contributed by atoms with Crippen molar-refractivity contribution in [2.45, 2.75) is 6.18 Å². The molecule has 0 fully saturated rings. The Morgan fingerprint density at radius 3 is 2.36 bits per heavy atom. The molecule has 1 N–H and O–H groups in total. The lowest BCUT2D eigenvalue weighted by molar-refractivity contribution is -0.138. The third-order valence-corrected chi connectivity index (χ3v) is 2.24. The number of nitrogens with zero attached hydrogens (tertiary/aromatic N) is 1. The number of alkyl halides is 3. The van der Waals surface area contributed by atoms with Gasteiger partial charge in [0.1, 0.15) is 0 Å². The number of aromatic nitrogens is 1. The van der Waals surface area contributed by atoms with Crippen LogP contribution in [-0.2, 0) is 6.18 Å². The van der Waals surface area contributed by atoms with Gasteiger partial charge in [-0.25, -0.2) is 4.79 Å². The molecule has 76 valence electrons. The Hall–Kier alpha value is -0.860. The predicted octanol–water partition coefficient (Wildman–Crippen LogP) is 2.40. The second kappa shape index (κ2) is 3.71. The molecule has 0 spiro atoms. The Morgan fingerprint density at radius 2 is 2.00 bits per heavy atom. The fourth-order valence-electron chi connectivity index (χ4n) is 0.867. The molecule has 0 atom stereocenters. The molecule has 0 aliphatic carbocycles. The molecule has 0 aromatic carbocycles. The quantitative estimate of drug-likeness (QED) is 0.809. The number of hydrogen-bond acceptors (Lipinski definition) is 2. The van der Waals surface area contributed by atoms with Crippen molar-refractivity contribution in [3.8, 4) is 0 Å². The van der Waals surface area contributed by atoms with E-state index < -0.39 is 23.3 Å². The van der Waals surface area contributed by atoms with Crippen LogP contribution < -0.4 is 0 Å². The maximum Gasteiger partial charge on any atom is 0.418 e. The molecular formula is C7H3F3INO2.